The second-order valence-corrected chi connectivity index (χ2v) is 5.65. The van der Waals surface area contributed by atoms with Crippen LogP contribution in [-0.2, 0) is 4.74 Å². The number of anilines is 2. The highest BCUT2D eigenvalue weighted by atomic mass is 16.5. The number of rotatable bonds is 6. The summed E-state index contributed by atoms with van der Waals surface area (Å²) in [7, 11) is 1.63. The zero-order chi connectivity index (χ0) is 17.5. The Kier molecular flexibility index (Phi) is 5.73. The zero-order valence-electron chi connectivity index (χ0n) is 14.3. The van der Waals surface area contributed by atoms with Gasteiger partial charge in [-0.2, -0.15) is 0 Å². The van der Waals surface area contributed by atoms with Crippen LogP contribution in [0.5, 0.6) is 0 Å². The lowest BCUT2D eigenvalue weighted by Crippen LogP contribution is -2.49. The van der Waals surface area contributed by atoms with Crippen LogP contribution in [0.25, 0.3) is 0 Å². The van der Waals surface area contributed by atoms with Crippen molar-refractivity contribution >= 4 is 17.7 Å². The molecule has 8 nitrogen and oxygen atoms in total. The van der Waals surface area contributed by atoms with E-state index in [1.54, 1.807) is 25.6 Å². The highest BCUT2D eigenvalue weighted by Gasteiger charge is 2.23. The average molecular weight is 342 g/mol. The van der Waals surface area contributed by atoms with E-state index in [2.05, 4.69) is 25.2 Å². The molecule has 1 aliphatic rings. The number of piperazine rings is 1. The molecule has 1 amide bonds. The molecule has 0 aromatic carbocycles. The number of nitrogens with one attached hydrogen (secondary N) is 1. The van der Waals surface area contributed by atoms with Gasteiger partial charge >= 0.3 is 0 Å². The molecule has 3 heterocycles. The summed E-state index contributed by atoms with van der Waals surface area (Å²) in [6, 6.07) is 7.50. The number of amides is 1. The van der Waals surface area contributed by atoms with Gasteiger partial charge in [-0.1, -0.05) is 6.07 Å². The zero-order valence-corrected chi connectivity index (χ0v) is 14.3. The molecule has 8 heteroatoms. The summed E-state index contributed by atoms with van der Waals surface area (Å²) in [5, 5.41) is 3.04. The molecule has 1 fully saturated rings. The molecule has 1 aliphatic heterocycles. The first-order chi connectivity index (χ1) is 12.3. The fourth-order valence-electron chi connectivity index (χ4n) is 2.67. The monoisotopic (exact) mass is 342 g/mol. The van der Waals surface area contributed by atoms with Gasteiger partial charge in [0.15, 0.2) is 0 Å². The highest BCUT2D eigenvalue weighted by Crippen LogP contribution is 2.14. The Morgan fingerprint density at radius 1 is 1.16 bits per heavy atom. The van der Waals surface area contributed by atoms with Gasteiger partial charge in [-0.05, 0) is 18.2 Å². The van der Waals surface area contributed by atoms with Crippen LogP contribution in [-0.4, -0.2) is 72.2 Å². The number of hydrogen-bond donors (Lipinski definition) is 1. The van der Waals surface area contributed by atoms with Gasteiger partial charge in [0.25, 0.3) is 5.91 Å². The minimum atomic E-state index is -0.0714. The summed E-state index contributed by atoms with van der Waals surface area (Å²) in [5.74, 6) is 1.31. The van der Waals surface area contributed by atoms with Crippen molar-refractivity contribution in [3.8, 4) is 0 Å². The SMILES string of the molecule is COCCNc1nccc(C(=O)N2CCN(c3ccccn3)CC2)n1. The third-order valence-electron chi connectivity index (χ3n) is 4.00. The van der Waals surface area contributed by atoms with Crippen molar-refractivity contribution in [1.29, 1.82) is 0 Å². The third kappa shape index (κ3) is 4.42. The second kappa shape index (κ2) is 8.39. The topological polar surface area (TPSA) is 83.5 Å². The summed E-state index contributed by atoms with van der Waals surface area (Å²) in [5.41, 5.74) is 0.404. The van der Waals surface area contributed by atoms with Crippen LogP contribution >= 0.6 is 0 Å². The molecule has 0 spiro atoms. The number of pyridine rings is 1. The summed E-state index contributed by atoms with van der Waals surface area (Å²) in [6.07, 6.45) is 3.38. The first-order valence-electron chi connectivity index (χ1n) is 8.29. The minimum absolute atomic E-state index is 0.0714. The largest absolute Gasteiger partial charge is 0.383 e. The lowest BCUT2D eigenvalue weighted by atomic mass is 10.2. The molecular formula is C17H22N6O2. The molecule has 0 unspecified atom stereocenters. The molecule has 1 N–H and O–H groups in total. The standard InChI is InChI=1S/C17H22N6O2/c1-25-13-8-20-17-19-7-5-14(21-17)16(24)23-11-9-22(10-12-23)15-4-2-3-6-18-15/h2-7H,8-13H2,1H3,(H,19,20,21). The van der Waals surface area contributed by atoms with Gasteiger partial charge in [-0.15, -0.1) is 0 Å². The van der Waals surface area contributed by atoms with Gasteiger partial charge in [0, 0.05) is 52.2 Å². The number of aromatic nitrogens is 3. The van der Waals surface area contributed by atoms with E-state index in [4.69, 9.17) is 4.74 Å². The van der Waals surface area contributed by atoms with E-state index in [1.165, 1.54) is 0 Å². The number of methoxy groups -OCH3 is 1. The maximum absolute atomic E-state index is 12.7. The van der Waals surface area contributed by atoms with Crippen molar-refractivity contribution in [3.05, 3.63) is 42.4 Å². The van der Waals surface area contributed by atoms with E-state index in [-0.39, 0.29) is 5.91 Å². The molecule has 0 saturated carbocycles. The Morgan fingerprint density at radius 3 is 2.72 bits per heavy atom. The van der Waals surface area contributed by atoms with Gasteiger partial charge in [0.05, 0.1) is 6.61 Å². The first kappa shape index (κ1) is 17.1. The number of nitrogens with zero attached hydrogens (tertiary/aromatic N) is 5. The quantitative estimate of drug-likeness (QED) is 0.781. The van der Waals surface area contributed by atoms with Crippen molar-refractivity contribution in [2.75, 3.05) is 56.7 Å². The fraction of sp³-hybridized carbons (Fsp3) is 0.412. The maximum Gasteiger partial charge on any atom is 0.272 e. The summed E-state index contributed by atoms with van der Waals surface area (Å²) in [6.45, 7) is 3.95. The van der Waals surface area contributed by atoms with Crippen LogP contribution in [0.3, 0.4) is 0 Å². The third-order valence-corrected chi connectivity index (χ3v) is 4.00. The summed E-state index contributed by atoms with van der Waals surface area (Å²) in [4.78, 5) is 29.5. The van der Waals surface area contributed by atoms with Crippen LogP contribution in [0.15, 0.2) is 36.7 Å². The molecule has 25 heavy (non-hydrogen) atoms. The fourth-order valence-corrected chi connectivity index (χ4v) is 2.67. The van der Waals surface area contributed by atoms with Crippen LogP contribution < -0.4 is 10.2 Å². The molecular weight excluding hydrogens is 320 g/mol. The molecule has 0 bridgehead atoms. The normalized spacial score (nSPS) is 14.4. The van der Waals surface area contributed by atoms with E-state index in [9.17, 15) is 4.79 Å². The highest BCUT2D eigenvalue weighted by molar-refractivity contribution is 5.92. The van der Waals surface area contributed by atoms with Crippen LogP contribution in [0, 0.1) is 0 Å². The Bertz CT molecular complexity index is 689. The Hall–Kier alpha value is -2.74. The lowest BCUT2D eigenvalue weighted by Gasteiger charge is -2.35. The average Bonchev–Trinajstić information content (AvgIpc) is 2.69. The molecule has 0 aliphatic carbocycles. The molecule has 2 aromatic heterocycles. The van der Waals surface area contributed by atoms with Gasteiger partial charge in [-0.25, -0.2) is 15.0 Å². The summed E-state index contributed by atoms with van der Waals surface area (Å²) < 4.78 is 4.98. The smallest absolute Gasteiger partial charge is 0.272 e. The number of carbonyl (C=O) groups is 1. The molecule has 0 radical (unpaired) electrons. The van der Waals surface area contributed by atoms with Gasteiger partial charge in [0.2, 0.25) is 5.95 Å². The predicted octanol–water partition coefficient (Wildman–Crippen LogP) is 0.892. The van der Waals surface area contributed by atoms with E-state index < -0.39 is 0 Å². The molecule has 2 aromatic rings. The second-order valence-electron chi connectivity index (χ2n) is 5.65. The Labute approximate surface area is 146 Å². The minimum Gasteiger partial charge on any atom is -0.383 e. The molecule has 3 rings (SSSR count). The molecule has 132 valence electrons. The van der Waals surface area contributed by atoms with Crippen molar-refractivity contribution < 1.29 is 9.53 Å². The number of carbonyl (C=O) groups excluding carboxylic acids is 1. The first-order valence-corrected chi connectivity index (χ1v) is 8.29. The van der Waals surface area contributed by atoms with Crippen molar-refractivity contribution in [2.45, 2.75) is 0 Å². The van der Waals surface area contributed by atoms with Crippen molar-refractivity contribution in [3.63, 3.8) is 0 Å². The Morgan fingerprint density at radius 2 is 2.00 bits per heavy atom. The summed E-state index contributed by atoms with van der Waals surface area (Å²) >= 11 is 0. The van der Waals surface area contributed by atoms with Crippen LogP contribution in [0.1, 0.15) is 10.5 Å². The maximum atomic E-state index is 12.7. The van der Waals surface area contributed by atoms with Gasteiger partial charge in [0.1, 0.15) is 11.5 Å². The van der Waals surface area contributed by atoms with Crippen molar-refractivity contribution in [1.82, 2.24) is 19.9 Å². The van der Waals surface area contributed by atoms with Gasteiger partial charge < -0.3 is 19.9 Å². The van der Waals surface area contributed by atoms with E-state index in [0.29, 0.717) is 37.9 Å². The van der Waals surface area contributed by atoms with E-state index >= 15 is 0 Å². The molecule has 0 atom stereocenters. The molecule has 1 saturated heterocycles. The predicted molar refractivity (Wildman–Crippen MR) is 94.8 cm³/mol. The van der Waals surface area contributed by atoms with E-state index in [1.807, 2.05) is 23.1 Å². The van der Waals surface area contributed by atoms with Gasteiger partial charge in [-0.3, -0.25) is 4.79 Å². The Balaban J connectivity index is 1.58. The van der Waals surface area contributed by atoms with Crippen LogP contribution in [0.2, 0.25) is 0 Å². The van der Waals surface area contributed by atoms with Crippen molar-refractivity contribution in [2.24, 2.45) is 0 Å². The van der Waals surface area contributed by atoms with Crippen LogP contribution in [0.4, 0.5) is 11.8 Å². The number of ether oxygens (including phenoxy) is 1. The lowest BCUT2D eigenvalue weighted by molar-refractivity contribution is 0.0740. The number of hydrogen-bond acceptors (Lipinski definition) is 7. The van der Waals surface area contributed by atoms with E-state index in [0.717, 1.165) is 18.9 Å².